The fraction of sp³-hybridized carbons (Fsp3) is 0.159. The standard InChI is InChI=1S/C44H37NO/c1-27-6-12-30(13-7-27)33-18-21-36-39(24-33)44(43(46)45(4)5)40-25-34(31-14-8-28(2)9-15-31)19-22-37(40)42(36)38-23-20-35(26-41(38)44)32-16-10-29(3)11-17-32/h6-26,42H,1-5H3. The Balaban J connectivity index is 1.45. The Morgan fingerprint density at radius 3 is 1.02 bits per heavy atom. The fourth-order valence-corrected chi connectivity index (χ4v) is 7.79. The van der Waals surface area contributed by atoms with Gasteiger partial charge < -0.3 is 4.90 Å². The summed E-state index contributed by atoms with van der Waals surface area (Å²) in [5, 5.41) is 0. The largest absolute Gasteiger partial charge is 0.347 e. The van der Waals surface area contributed by atoms with Crippen LogP contribution >= 0.6 is 0 Å². The summed E-state index contributed by atoms with van der Waals surface area (Å²) in [6.07, 6.45) is 0. The van der Waals surface area contributed by atoms with Crippen molar-refractivity contribution in [2.75, 3.05) is 14.1 Å². The summed E-state index contributed by atoms with van der Waals surface area (Å²) in [6.45, 7) is 6.35. The molecule has 0 atom stereocenters. The van der Waals surface area contributed by atoms with E-state index >= 15 is 4.79 Å². The van der Waals surface area contributed by atoms with Crippen LogP contribution < -0.4 is 0 Å². The molecule has 6 aromatic carbocycles. The zero-order chi connectivity index (χ0) is 31.7. The minimum absolute atomic E-state index is 0.0445. The van der Waals surface area contributed by atoms with Crippen molar-refractivity contribution in [3.63, 3.8) is 0 Å². The molecule has 0 aromatic heterocycles. The monoisotopic (exact) mass is 595 g/mol. The molecule has 0 aliphatic heterocycles. The van der Waals surface area contributed by atoms with Gasteiger partial charge in [0.15, 0.2) is 0 Å². The van der Waals surface area contributed by atoms with Crippen LogP contribution in [0.2, 0.25) is 0 Å². The molecule has 0 saturated heterocycles. The number of rotatable bonds is 4. The third-order valence-electron chi connectivity index (χ3n) is 10.2. The van der Waals surface area contributed by atoms with Crippen LogP contribution in [-0.4, -0.2) is 24.9 Å². The van der Waals surface area contributed by atoms with Gasteiger partial charge in [0.2, 0.25) is 5.91 Å². The molecule has 0 unspecified atom stereocenters. The molecule has 6 aromatic rings. The lowest BCUT2D eigenvalue weighted by molar-refractivity contribution is -0.132. The molecule has 0 fully saturated rings. The molecule has 224 valence electrons. The number of carbonyl (C=O) groups is 1. The minimum atomic E-state index is -1.000. The van der Waals surface area contributed by atoms with E-state index in [1.165, 1.54) is 33.4 Å². The van der Waals surface area contributed by atoms with Gasteiger partial charge in [-0.05, 0) is 106 Å². The third-order valence-corrected chi connectivity index (χ3v) is 10.2. The summed E-state index contributed by atoms with van der Waals surface area (Å²) in [5.74, 6) is 0.126. The number of nitrogens with zero attached hydrogens (tertiary/aromatic N) is 1. The van der Waals surface area contributed by atoms with Crippen LogP contribution in [0.4, 0.5) is 0 Å². The highest BCUT2D eigenvalue weighted by Gasteiger charge is 2.57. The van der Waals surface area contributed by atoms with E-state index in [0.717, 1.165) is 50.1 Å². The predicted octanol–water partition coefficient (Wildman–Crippen LogP) is 9.84. The number of hydrogen-bond donors (Lipinski definition) is 0. The van der Waals surface area contributed by atoms with Gasteiger partial charge in [0.05, 0.1) is 0 Å². The number of benzene rings is 6. The first-order valence-electron chi connectivity index (χ1n) is 16.1. The molecule has 1 amide bonds. The maximum absolute atomic E-state index is 15.2. The van der Waals surface area contributed by atoms with Crippen molar-refractivity contribution in [1.29, 1.82) is 0 Å². The second-order valence-electron chi connectivity index (χ2n) is 13.4. The average molecular weight is 596 g/mol. The Morgan fingerprint density at radius 2 is 0.739 bits per heavy atom. The Bertz CT molecular complexity index is 1920. The van der Waals surface area contributed by atoms with Crippen LogP contribution in [-0.2, 0) is 10.2 Å². The van der Waals surface area contributed by atoms with Crippen LogP contribution in [0, 0.1) is 20.8 Å². The smallest absolute Gasteiger partial charge is 0.241 e. The van der Waals surface area contributed by atoms with Gasteiger partial charge >= 0.3 is 0 Å². The van der Waals surface area contributed by atoms with Gasteiger partial charge in [0.1, 0.15) is 5.41 Å². The van der Waals surface area contributed by atoms with Crippen molar-refractivity contribution >= 4 is 5.91 Å². The molecular formula is C44H37NO. The maximum Gasteiger partial charge on any atom is 0.241 e. The second kappa shape index (κ2) is 10.4. The summed E-state index contributed by atoms with van der Waals surface area (Å²) in [7, 11) is 3.79. The second-order valence-corrected chi connectivity index (χ2v) is 13.4. The molecule has 0 spiro atoms. The highest BCUT2D eigenvalue weighted by Crippen LogP contribution is 2.61. The lowest BCUT2D eigenvalue weighted by Gasteiger charge is -2.50. The van der Waals surface area contributed by atoms with Crippen molar-refractivity contribution in [2.24, 2.45) is 0 Å². The topological polar surface area (TPSA) is 20.3 Å². The Labute approximate surface area is 272 Å². The Kier molecular flexibility index (Phi) is 6.41. The van der Waals surface area contributed by atoms with E-state index in [4.69, 9.17) is 0 Å². The quantitative estimate of drug-likeness (QED) is 0.199. The molecule has 0 N–H and O–H groups in total. The van der Waals surface area contributed by atoms with E-state index in [1.54, 1.807) is 4.90 Å². The molecule has 3 aliphatic rings. The first-order valence-corrected chi connectivity index (χ1v) is 16.1. The SMILES string of the molecule is Cc1ccc(-c2ccc3c(c2)C2(C(=O)N(C)C)c4cc(-c5ccc(C)cc5)ccc4C3c3ccc(-c4ccc(C)cc4)cc32)cc1. The summed E-state index contributed by atoms with van der Waals surface area (Å²) < 4.78 is 0. The number of aryl methyl sites for hydroxylation is 3. The summed E-state index contributed by atoms with van der Waals surface area (Å²) in [4.78, 5) is 17.0. The molecule has 2 heteroatoms. The molecule has 46 heavy (non-hydrogen) atoms. The van der Waals surface area contributed by atoms with Crippen molar-refractivity contribution in [3.8, 4) is 33.4 Å². The number of likely N-dealkylation sites (N-methyl/N-ethyl adjacent to an activating group) is 1. The lowest BCUT2D eigenvalue weighted by Crippen LogP contribution is -2.52. The van der Waals surface area contributed by atoms with Crippen LogP contribution in [0.5, 0.6) is 0 Å². The number of hydrogen-bond acceptors (Lipinski definition) is 1. The van der Waals surface area contributed by atoms with Crippen molar-refractivity contribution in [1.82, 2.24) is 4.90 Å². The third kappa shape index (κ3) is 4.13. The highest BCUT2D eigenvalue weighted by atomic mass is 16.2. The summed E-state index contributed by atoms with van der Waals surface area (Å²) in [6, 6.07) is 46.5. The molecule has 0 heterocycles. The molecule has 0 saturated carbocycles. The first kappa shape index (κ1) is 28.3. The normalized spacial score (nSPS) is 17.2. The van der Waals surface area contributed by atoms with Crippen LogP contribution in [0.25, 0.3) is 33.4 Å². The minimum Gasteiger partial charge on any atom is -0.347 e. The van der Waals surface area contributed by atoms with E-state index in [0.29, 0.717) is 0 Å². The van der Waals surface area contributed by atoms with Crippen molar-refractivity contribution < 1.29 is 4.79 Å². The maximum atomic E-state index is 15.2. The molecule has 2 nitrogen and oxygen atoms in total. The molecule has 3 aliphatic carbocycles. The first-order chi connectivity index (χ1) is 22.3. The molecular weight excluding hydrogens is 558 g/mol. The van der Waals surface area contributed by atoms with E-state index in [2.05, 4.69) is 148 Å². The van der Waals surface area contributed by atoms with E-state index in [-0.39, 0.29) is 11.8 Å². The van der Waals surface area contributed by atoms with Gasteiger partial charge in [-0.2, -0.15) is 0 Å². The summed E-state index contributed by atoms with van der Waals surface area (Å²) >= 11 is 0. The van der Waals surface area contributed by atoms with Gasteiger partial charge in [0, 0.05) is 20.0 Å². The summed E-state index contributed by atoms with van der Waals surface area (Å²) in [5.41, 5.74) is 16.5. The van der Waals surface area contributed by atoms with Crippen LogP contribution in [0.15, 0.2) is 127 Å². The molecule has 2 bridgehead atoms. The average Bonchev–Trinajstić information content (AvgIpc) is 3.08. The highest BCUT2D eigenvalue weighted by molar-refractivity contribution is 6.01. The number of amides is 1. The van der Waals surface area contributed by atoms with E-state index < -0.39 is 5.41 Å². The zero-order valence-electron chi connectivity index (χ0n) is 27.1. The Hall–Kier alpha value is -5.21. The lowest BCUT2D eigenvalue weighted by atomic mass is 9.52. The van der Waals surface area contributed by atoms with E-state index in [9.17, 15) is 0 Å². The van der Waals surface area contributed by atoms with Gasteiger partial charge in [-0.3, -0.25) is 4.79 Å². The molecule has 9 rings (SSSR count). The molecule has 0 radical (unpaired) electrons. The van der Waals surface area contributed by atoms with Gasteiger partial charge in [-0.1, -0.05) is 126 Å². The Morgan fingerprint density at radius 1 is 0.457 bits per heavy atom. The number of carbonyl (C=O) groups excluding carboxylic acids is 1. The van der Waals surface area contributed by atoms with Crippen molar-refractivity contribution in [3.05, 3.63) is 177 Å². The zero-order valence-corrected chi connectivity index (χ0v) is 27.1. The van der Waals surface area contributed by atoms with Crippen molar-refractivity contribution in [2.45, 2.75) is 32.1 Å². The fourth-order valence-electron chi connectivity index (χ4n) is 7.79. The van der Waals surface area contributed by atoms with Gasteiger partial charge in [-0.15, -0.1) is 0 Å². The van der Waals surface area contributed by atoms with Gasteiger partial charge in [-0.25, -0.2) is 0 Å². The van der Waals surface area contributed by atoms with Crippen LogP contribution in [0.3, 0.4) is 0 Å². The predicted molar refractivity (Wildman–Crippen MR) is 189 cm³/mol. The van der Waals surface area contributed by atoms with Gasteiger partial charge in [0.25, 0.3) is 0 Å². The van der Waals surface area contributed by atoms with Crippen LogP contribution in [0.1, 0.15) is 56.0 Å². The van der Waals surface area contributed by atoms with E-state index in [1.807, 2.05) is 14.1 Å².